The molecule has 1 aliphatic heterocycles. The first-order chi connectivity index (χ1) is 10.5. The number of hydrogen-bond donors (Lipinski definition) is 3. The molecule has 0 bridgehead atoms. The Kier molecular flexibility index (Phi) is 7.98. The fourth-order valence-corrected chi connectivity index (χ4v) is 3.50. The number of sulfonamides is 1. The van der Waals surface area contributed by atoms with E-state index in [1.165, 1.54) is 12.1 Å². The van der Waals surface area contributed by atoms with Crippen LogP contribution in [0.3, 0.4) is 0 Å². The van der Waals surface area contributed by atoms with Crippen LogP contribution in [0.2, 0.25) is 0 Å². The topological polar surface area (TPSA) is 87.3 Å². The lowest BCUT2D eigenvalue weighted by Crippen LogP contribution is -2.34. The molecule has 0 radical (unpaired) electrons. The Morgan fingerprint density at radius 3 is 2.39 bits per heavy atom. The summed E-state index contributed by atoms with van der Waals surface area (Å²) in [6.07, 6.45) is 2.40. The van der Waals surface area contributed by atoms with Crippen molar-refractivity contribution in [3.05, 3.63) is 24.3 Å². The summed E-state index contributed by atoms with van der Waals surface area (Å²) in [6, 6.07) is 6.27. The van der Waals surface area contributed by atoms with Crippen molar-refractivity contribution in [1.82, 2.24) is 10.0 Å². The van der Waals surface area contributed by atoms with Crippen LogP contribution in [0.4, 0.5) is 5.69 Å². The van der Waals surface area contributed by atoms with Gasteiger partial charge >= 0.3 is 0 Å². The molecule has 1 amide bonds. The second-order valence-electron chi connectivity index (χ2n) is 5.44. The van der Waals surface area contributed by atoms with Crippen LogP contribution in [0.25, 0.3) is 0 Å². The summed E-state index contributed by atoms with van der Waals surface area (Å²) in [4.78, 5) is 12.3. The zero-order valence-electron chi connectivity index (χ0n) is 13.2. The van der Waals surface area contributed by atoms with E-state index in [0.29, 0.717) is 12.2 Å². The van der Waals surface area contributed by atoms with Gasteiger partial charge in [-0.15, -0.1) is 12.4 Å². The maximum atomic E-state index is 12.1. The Bertz CT molecular complexity index is 599. The summed E-state index contributed by atoms with van der Waals surface area (Å²) in [7, 11) is -3.46. The van der Waals surface area contributed by atoms with Gasteiger partial charge in [-0.05, 0) is 56.6 Å². The Labute approximate surface area is 143 Å². The number of carbonyl (C=O) groups excluding carboxylic acids is 1. The normalized spacial score (nSPS) is 15.7. The maximum Gasteiger partial charge on any atom is 0.240 e. The zero-order valence-corrected chi connectivity index (χ0v) is 14.8. The number of anilines is 1. The molecule has 0 unspecified atom stereocenters. The van der Waals surface area contributed by atoms with Gasteiger partial charge in [-0.2, -0.15) is 0 Å². The number of hydrogen-bond acceptors (Lipinski definition) is 4. The van der Waals surface area contributed by atoms with Crippen molar-refractivity contribution < 1.29 is 13.2 Å². The molecule has 1 aromatic carbocycles. The summed E-state index contributed by atoms with van der Waals surface area (Å²) in [6.45, 7) is 4.04. The minimum atomic E-state index is -3.46. The average molecular weight is 362 g/mol. The van der Waals surface area contributed by atoms with Crippen LogP contribution in [0.5, 0.6) is 0 Å². The van der Waals surface area contributed by atoms with Crippen molar-refractivity contribution in [3.8, 4) is 0 Å². The Morgan fingerprint density at radius 2 is 1.83 bits per heavy atom. The number of nitrogens with one attached hydrogen (secondary N) is 3. The third-order valence-corrected chi connectivity index (χ3v) is 5.16. The molecule has 0 saturated carbocycles. The molecule has 6 nitrogen and oxygen atoms in total. The molecule has 23 heavy (non-hydrogen) atoms. The van der Waals surface area contributed by atoms with Crippen molar-refractivity contribution in [1.29, 1.82) is 0 Å². The van der Waals surface area contributed by atoms with E-state index in [1.807, 2.05) is 6.92 Å². The standard InChI is InChI=1S/C15H23N3O3S.ClH/c1-2-9-17-22(20,21)14-5-3-13(4-6-14)18-15(19)12-7-10-16-11-8-12;/h3-6,12,16-17H,2,7-11H2,1H3,(H,18,19);1H. The van der Waals surface area contributed by atoms with Gasteiger partial charge in [-0.1, -0.05) is 6.92 Å². The van der Waals surface area contributed by atoms with Gasteiger partial charge in [0.15, 0.2) is 0 Å². The number of carbonyl (C=O) groups is 1. The Morgan fingerprint density at radius 1 is 1.22 bits per heavy atom. The van der Waals surface area contributed by atoms with Crippen LogP contribution in [-0.2, 0) is 14.8 Å². The molecule has 2 rings (SSSR count). The van der Waals surface area contributed by atoms with Crippen molar-refractivity contribution in [3.63, 3.8) is 0 Å². The monoisotopic (exact) mass is 361 g/mol. The van der Waals surface area contributed by atoms with E-state index in [4.69, 9.17) is 0 Å². The predicted octanol–water partition coefficient (Wildman–Crippen LogP) is 1.73. The number of halogens is 1. The molecule has 1 fully saturated rings. The first-order valence-electron chi connectivity index (χ1n) is 7.64. The second kappa shape index (κ2) is 9.22. The highest BCUT2D eigenvalue weighted by atomic mass is 35.5. The molecular weight excluding hydrogens is 338 g/mol. The minimum absolute atomic E-state index is 0. The molecule has 1 saturated heterocycles. The van der Waals surface area contributed by atoms with Gasteiger partial charge in [0.25, 0.3) is 0 Å². The Hall–Kier alpha value is -1.15. The fourth-order valence-electron chi connectivity index (χ4n) is 2.37. The van der Waals surface area contributed by atoms with E-state index in [2.05, 4.69) is 15.4 Å². The quantitative estimate of drug-likeness (QED) is 0.720. The fraction of sp³-hybridized carbons (Fsp3) is 0.533. The largest absolute Gasteiger partial charge is 0.326 e. The average Bonchev–Trinajstić information content (AvgIpc) is 2.54. The molecule has 130 valence electrons. The lowest BCUT2D eigenvalue weighted by atomic mass is 9.97. The molecule has 0 spiro atoms. The number of rotatable bonds is 6. The summed E-state index contributed by atoms with van der Waals surface area (Å²) in [5.74, 6) is 0.0251. The zero-order chi connectivity index (χ0) is 16.0. The molecule has 1 heterocycles. The van der Waals surface area contributed by atoms with Gasteiger partial charge in [0.2, 0.25) is 15.9 Å². The number of piperidine rings is 1. The smallest absolute Gasteiger partial charge is 0.240 e. The van der Waals surface area contributed by atoms with E-state index in [1.54, 1.807) is 12.1 Å². The van der Waals surface area contributed by atoms with Gasteiger partial charge in [-0.3, -0.25) is 4.79 Å². The van der Waals surface area contributed by atoms with Crippen LogP contribution in [0.15, 0.2) is 29.2 Å². The second-order valence-corrected chi connectivity index (χ2v) is 7.20. The minimum Gasteiger partial charge on any atom is -0.326 e. The lowest BCUT2D eigenvalue weighted by Gasteiger charge is -2.21. The van der Waals surface area contributed by atoms with Crippen molar-refractivity contribution in [2.75, 3.05) is 25.0 Å². The first kappa shape index (κ1) is 19.9. The van der Waals surface area contributed by atoms with Crippen molar-refractivity contribution >= 4 is 34.0 Å². The summed E-state index contributed by atoms with van der Waals surface area (Å²) in [5, 5.41) is 6.07. The third kappa shape index (κ3) is 5.76. The highest BCUT2D eigenvalue weighted by molar-refractivity contribution is 7.89. The van der Waals surface area contributed by atoms with Gasteiger partial charge in [0.05, 0.1) is 4.90 Å². The molecule has 8 heteroatoms. The molecule has 1 aliphatic rings. The summed E-state index contributed by atoms with van der Waals surface area (Å²) in [5.41, 5.74) is 0.623. The first-order valence-corrected chi connectivity index (χ1v) is 9.12. The molecule has 1 aromatic rings. The van der Waals surface area contributed by atoms with Gasteiger partial charge in [-0.25, -0.2) is 13.1 Å². The van der Waals surface area contributed by atoms with Crippen LogP contribution in [0.1, 0.15) is 26.2 Å². The van der Waals surface area contributed by atoms with E-state index in [-0.39, 0.29) is 29.1 Å². The van der Waals surface area contributed by atoms with Crippen molar-refractivity contribution in [2.24, 2.45) is 5.92 Å². The van der Waals surface area contributed by atoms with Gasteiger partial charge in [0.1, 0.15) is 0 Å². The van der Waals surface area contributed by atoms with Gasteiger partial charge < -0.3 is 10.6 Å². The Balaban J connectivity index is 0.00000264. The molecule has 3 N–H and O–H groups in total. The van der Waals surface area contributed by atoms with Crippen molar-refractivity contribution in [2.45, 2.75) is 31.1 Å². The van der Waals surface area contributed by atoms with E-state index in [9.17, 15) is 13.2 Å². The summed E-state index contributed by atoms with van der Waals surface area (Å²) >= 11 is 0. The molecule has 0 atom stereocenters. The molecular formula is C15H24ClN3O3S. The highest BCUT2D eigenvalue weighted by Crippen LogP contribution is 2.17. The van der Waals surface area contributed by atoms with E-state index >= 15 is 0 Å². The summed E-state index contributed by atoms with van der Waals surface area (Å²) < 4.78 is 26.4. The molecule has 0 aromatic heterocycles. The van der Waals surface area contributed by atoms with Crippen LogP contribution >= 0.6 is 12.4 Å². The third-order valence-electron chi connectivity index (χ3n) is 3.68. The number of amides is 1. The molecule has 0 aliphatic carbocycles. The highest BCUT2D eigenvalue weighted by Gasteiger charge is 2.21. The SMILES string of the molecule is CCCNS(=O)(=O)c1ccc(NC(=O)C2CCNCC2)cc1.Cl. The predicted molar refractivity (Wildman–Crippen MR) is 93.4 cm³/mol. The van der Waals surface area contributed by atoms with Gasteiger partial charge in [0, 0.05) is 18.2 Å². The van der Waals surface area contributed by atoms with E-state index in [0.717, 1.165) is 32.4 Å². The van der Waals surface area contributed by atoms with Crippen LogP contribution < -0.4 is 15.4 Å². The lowest BCUT2D eigenvalue weighted by molar-refractivity contribution is -0.120. The maximum absolute atomic E-state index is 12.1. The number of benzene rings is 1. The van der Waals surface area contributed by atoms with Crippen LogP contribution in [0, 0.1) is 5.92 Å². The van der Waals surface area contributed by atoms with Crippen LogP contribution in [-0.4, -0.2) is 34.0 Å². The van der Waals surface area contributed by atoms with E-state index < -0.39 is 10.0 Å².